The van der Waals surface area contributed by atoms with Gasteiger partial charge in [-0.05, 0) is 0 Å². The molecule has 5 nitrogen and oxygen atoms in total. The van der Waals surface area contributed by atoms with Gasteiger partial charge in [-0.3, -0.25) is 0 Å². The summed E-state index contributed by atoms with van der Waals surface area (Å²) < 4.78 is 32.7. The standard InChI is InChI=1S/AsO5P.Na/c2-1-4-7(3,5-1)6-1;. The average Bonchev–Trinajstić information content (AvgIpc) is 1.27. The van der Waals surface area contributed by atoms with E-state index in [1.807, 2.05) is 0 Å². The fraction of sp³-hybridized carbons (Fsp3) is 0. The maximum absolute atomic E-state index is 10.2. The number of phosphoric acid groups is 1. The second kappa shape index (κ2) is 1.74. The maximum Gasteiger partial charge on any atom is 0 e. The van der Waals surface area contributed by atoms with E-state index in [2.05, 4.69) is 10.5 Å². The van der Waals surface area contributed by atoms with Gasteiger partial charge in [0.05, 0.1) is 0 Å². The van der Waals surface area contributed by atoms with Crippen LogP contribution in [0.4, 0.5) is 0 Å². The molecule has 2 bridgehead atoms. The molecule has 3 fully saturated rings. The zero-order valence-corrected chi connectivity index (χ0v) is 8.71. The molecule has 0 saturated carbocycles. The average molecular weight is 209 g/mol. The SMILES string of the molecule is O=P12O[As](=O)(O1)O2.[Na]. The van der Waals surface area contributed by atoms with Gasteiger partial charge in [0, 0.05) is 29.6 Å². The van der Waals surface area contributed by atoms with Crippen molar-refractivity contribution in [2.45, 2.75) is 0 Å². The summed E-state index contributed by atoms with van der Waals surface area (Å²) in [5.74, 6) is 0. The summed E-state index contributed by atoms with van der Waals surface area (Å²) in [5, 5.41) is 0. The fourth-order valence-electron chi connectivity index (χ4n) is 0.386. The molecule has 0 N–H and O–H groups in total. The van der Waals surface area contributed by atoms with Crippen LogP contribution in [0.1, 0.15) is 0 Å². The molecule has 3 rings (SSSR count). The largest absolute Gasteiger partial charge is 0 e. The van der Waals surface area contributed by atoms with Gasteiger partial charge in [-0.1, -0.05) is 0 Å². The Morgan fingerprint density at radius 1 is 1.25 bits per heavy atom. The van der Waals surface area contributed by atoms with Gasteiger partial charge < -0.3 is 0 Å². The van der Waals surface area contributed by atoms with Crippen LogP contribution in [0.25, 0.3) is 0 Å². The van der Waals surface area contributed by atoms with E-state index in [-0.39, 0.29) is 29.6 Å². The van der Waals surface area contributed by atoms with E-state index in [9.17, 15) is 8.30 Å². The van der Waals surface area contributed by atoms with Gasteiger partial charge in [0.25, 0.3) is 0 Å². The minimum Gasteiger partial charge on any atom is 0 e. The summed E-state index contributed by atoms with van der Waals surface area (Å²) in [6.45, 7) is 0. The molecule has 8 heteroatoms. The third kappa shape index (κ3) is 0.824. The van der Waals surface area contributed by atoms with Crippen molar-refractivity contribution < 1.29 is 18.8 Å². The molecular weight excluding hydrogens is 209 g/mol. The van der Waals surface area contributed by atoms with Crippen LogP contribution in [0.15, 0.2) is 0 Å². The van der Waals surface area contributed by atoms with Crippen molar-refractivity contribution in [3.05, 3.63) is 0 Å². The van der Waals surface area contributed by atoms with Gasteiger partial charge in [0.15, 0.2) is 0 Å². The monoisotopic (exact) mass is 209 g/mol. The first-order valence-corrected chi connectivity index (χ1v) is 5.99. The molecule has 0 atom stereocenters. The zero-order valence-electron chi connectivity index (χ0n) is 3.94. The third-order valence-corrected chi connectivity index (χ3v) is 9.35. The van der Waals surface area contributed by atoms with Crippen molar-refractivity contribution in [2.24, 2.45) is 0 Å². The minimum atomic E-state index is -3.68. The van der Waals surface area contributed by atoms with Gasteiger partial charge in [-0.2, -0.15) is 0 Å². The van der Waals surface area contributed by atoms with Crippen molar-refractivity contribution in [1.29, 1.82) is 0 Å². The van der Waals surface area contributed by atoms with Crippen molar-refractivity contribution in [3.63, 3.8) is 0 Å². The molecule has 0 aliphatic carbocycles. The summed E-state index contributed by atoms with van der Waals surface area (Å²) in [4.78, 5) is 0. The molecule has 0 spiro atoms. The molecule has 3 heterocycles. The Kier molecular flexibility index (Phi) is 1.65. The van der Waals surface area contributed by atoms with Crippen LogP contribution in [0.3, 0.4) is 0 Å². The molecule has 0 amide bonds. The second-order valence-electron chi connectivity index (χ2n) is 1.14. The molecular formula is AsNaO5P. The number of rotatable bonds is 0. The minimum absolute atomic E-state index is 0. The van der Waals surface area contributed by atoms with E-state index >= 15 is 0 Å². The molecule has 1 radical (unpaired) electrons. The Morgan fingerprint density at radius 2 is 1.62 bits per heavy atom. The molecule has 0 aromatic rings. The van der Waals surface area contributed by atoms with Crippen LogP contribution in [0, 0.1) is 0 Å². The first kappa shape index (κ1) is 7.57. The van der Waals surface area contributed by atoms with Crippen LogP contribution in [-0.2, 0) is 18.8 Å². The topological polar surface area (TPSA) is 61.8 Å². The Labute approximate surface area is 70.3 Å². The van der Waals surface area contributed by atoms with Crippen LogP contribution in [0.2, 0.25) is 0 Å². The molecule has 0 aromatic carbocycles. The van der Waals surface area contributed by atoms with E-state index in [1.54, 1.807) is 0 Å². The van der Waals surface area contributed by atoms with Crippen molar-refractivity contribution in [1.82, 2.24) is 0 Å². The van der Waals surface area contributed by atoms with Gasteiger partial charge in [0.1, 0.15) is 0 Å². The summed E-state index contributed by atoms with van der Waals surface area (Å²) in [6.07, 6.45) is 0. The van der Waals surface area contributed by atoms with E-state index in [4.69, 9.17) is 0 Å². The molecule has 3 aliphatic rings. The third-order valence-electron chi connectivity index (χ3n) is 0.600. The van der Waals surface area contributed by atoms with Gasteiger partial charge in [0.2, 0.25) is 0 Å². The van der Waals surface area contributed by atoms with Gasteiger partial charge in [-0.15, -0.1) is 0 Å². The second-order valence-corrected chi connectivity index (χ2v) is 7.48. The molecule has 8 heavy (non-hydrogen) atoms. The Morgan fingerprint density at radius 3 is 1.62 bits per heavy atom. The predicted octanol–water partition coefficient (Wildman–Crippen LogP) is -0.343. The molecule has 0 aromatic heterocycles. The van der Waals surface area contributed by atoms with Gasteiger partial charge >= 0.3 is 41.2 Å². The smallest absolute Gasteiger partial charge is 0 e. The van der Waals surface area contributed by atoms with E-state index in [0.29, 0.717) is 0 Å². The Bertz CT molecular complexity index is 155. The van der Waals surface area contributed by atoms with Crippen molar-refractivity contribution >= 4 is 51.9 Å². The summed E-state index contributed by atoms with van der Waals surface area (Å²) in [6, 6.07) is 0. The van der Waals surface area contributed by atoms with Crippen molar-refractivity contribution in [3.8, 4) is 0 Å². The van der Waals surface area contributed by atoms with Crippen LogP contribution in [-0.4, -0.2) is 44.1 Å². The number of hydrogen-bond donors (Lipinski definition) is 0. The molecule has 0 unspecified atom stereocenters. The Hall–Kier alpha value is 1.47. The first-order valence-electron chi connectivity index (χ1n) is 1.46. The molecule has 3 aliphatic heterocycles. The first-order chi connectivity index (χ1) is 3.12. The summed E-state index contributed by atoms with van der Waals surface area (Å²) in [5.41, 5.74) is 0. The van der Waals surface area contributed by atoms with E-state index in [0.717, 1.165) is 0 Å². The normalized spacial score (nSPS) is 57.5. The van der Waals surface area contributed by atoms with Crippen molar-refractivity contribution in [2.75, 3.05) is 0 Å². The quantitative estimate of drug-likeness (QED) is 0.403. The van der Waals surface area contributed by atoms with E-state index < -0.39 is 22.3 Å². The maximum atomic E-state index is 10.2. The van der Waals surface area contributed by atoms with E-state index in [1.165, 1.54) is 0 Å². The zero-order chi connectivity index (χ0) is 5.12. The number of hydrogen-bond acceptors (Lipinski definition) is 5. The fourth-order valence-corrected chi connectivity index (χ4v) is 6.01. The molecule has 3 saturated heterocycles. The van der Waals surface area contributed by atoms with Crippen LogP contribution >= 0.6 is 7.82 Å². The summed E-state index contributed by atoms with van der Waals surface area (Å²) in [7, 11) is -3.12. The predicted molar refractivity (Wildman–Crippen MR) is 23.1 cm³/mol. The van der Waals surface area contributed by atoms with Crippen LogP contribution < -0.4 is 0 Å². The van der Waals surface area contributed by atoms with Gasteiger partial charge in [-0.25, -0.2) is 0 Å². The summed E-state index contributed by atoms with van der Waals surface area (Å²) >= 11 is -3.68. The van der Waals surface area contributed by atoms with Crippen LogP contribution in [0.5, 0.6) is 0 Å². The Balaban J connectivity index is 0.000000320. The molecule has 41 valence electrons.